The van der Waals surface area contributed by atoms with Crippen molar-refractivity contribution in [2.45, 2.75) is 20.8 Å². The van der Waals surface area contributed by atoms with E-state index in [0.29, 0.717) is 6.54 Å². The van der Waals surface area contributed by atoms with Gasteiger partial charge in [0.2, 0.25) is 0 Å². The molecule has 9 aromatic rings. The van der Waals surface area contributed by atoms with Crippen molar-refractivity contribution in [3.63, 3.8) is 0 Å². The van der Waals surface area contributed by atoms with Crippen molar-refractivity contribution in [1.29, 1.82) is 0 Å². The van der Waals surface area contributed by atoms with Crippen molar-refractivity contribution < 1.29 is 0 Å². The summed E-state index contributed by atoms with van der Waals surface area (Å²) in [6.45, 7) is 6.83. The van der Waals surface area contributed by atoms with Gasteiger partial charge in [-0.3, -0.25) is 4.99 Å². The van der Waals surface area contributed by atoms with Crippen LogP contribution in [0, 0.1) is 0 Å². The number of fused-ring (bicyclic) bond motifs is 4. The Bertz CT molecular complexity index is 2980. The molecule has 0 aliphatic rings. The Labute approximate surface area is 334 Å². The van der Waals surface area contributed by atoms with Crippen molar-refractivity contribution in [2.75, 3.05) is 6.54 Å². The van der Waals surface area contributed by atoms with E-state index in [-0.39, 0.29) is 0 Å². The third-order valence-corrected chi connectivity index (χ3v) is 11.1. The van der Waals surface area contributed by atoms with Gasteiger partial charge in [0.15, 0.2) is 0 Å². The summed E-state index contributed by atoms with van der Waals surface area (Å²) in [5, 5.41) is 15.1. The van der Waals surface area contributed by atoms with Gasteiger partial charge in [-0.1, -0.05) is 158 Å². The molecule has 0 saturated carbocycles. The lowest BCUT2D eigenvalue weighted by molar-refractivity contribution is 0.907. The minimum atomic E-state index is 0.513. The van der Waals surface area contributed by atoms with E-state index in [4.69, 9.17) is 10.1 Å². The molecule has 9 rings (SSSR count). The molecule has 0 spiro atoms. The third-order valence-electron chi connectivity index (χ3n) is 11.1. The van der Waals surface area contributed by atoms with Crippen LogP contribution in [-0.2, 0) is 0 Å². The molecular formula is C54H43N3. The number of aromatic nitrogens is 1. The fourth-order valence-electron chi connectivity index (χ4n) is 7.60. The summed E-state index contributed by atoms with van der Waals surface area (Å²) in [6, 6.07) is 65.1. The number of hydrogen-bond donors (Lipinski definition) is 0. The highest BCUT2D eigenvalue weighted by Gasteiger charge is 2.14. The smallest absolute Gasteiger partial charge is 0.0790 e. The van der Waals surface area contributed by atoms with Gasteiger partial charge in [-0.2, -0.15) is 5.10 Å². The Morgan fingerprint density at radius 3 is 1.35 bits per heavy atom. The maximum absolute atomic E-state index is 5.33. The number of aliphatic imine (C=N–C) groups is 1. The summed E-state index contributed by atoms with van der Waals surface area (Å²) in [5.74, 6) is 0. The maximum Gasteiger partial charge on any atom is 0.0790 e. The molecule has 0 amide bonds. The van der Waals surface area contributed by atoms with Gasteiger partial charge in [0, 0.05) is 11.1 Å². The van der Waals surface area contributed by atoms with Crippen molar-refractivity contribution in [3.8, 4) is 22.5 Å². The van der Waals surface area contributed by atoms with Crippen LogP contribution in [0.4, 0.5) is 0 Å². The minimum absolute atomic E-state index is 0.513. The van der Waals surface area contributed by atoms with Crippen LogP contribution in [0.1, 0.15) is 31.9 Å². The molecular weight excluding hydrogens is 691 g/mol. The molecule has 3 heteroatoms. The fraction of sp³-hybridized carbons (Fsp3) is 0.0741. The van der Waals surface area contributed by atoms with Gasteiger partial charge in [0.25, 0.3) is 0 Å². The van der Waals surface area contributed by atoms with Crippen LogP contribution < -0.4 is 0 Å². The Hall–Kier alpha value is -7.10. The predicted molar refractivity (Wildman–Crippen MR) is 246 cm³/mol. The molecule has 57 heavy (non-hydrogen) atoms. The highest BCUT2D eigenvalue weighted by atomic mass is 15.4. The second-order valence-corrected chi connectivity index (χ2v) is 14.8. The molecule has 0 fully saturated rings. The minimum Gasteiger partial charge on any atom is -0.283 e. The molecule has 0 atom stereocenters. The molecule has 1 aromatic heterocycles. The van der Waals surface area contributed by atoms with Crippen LogP contribution in [0.15, 0.2) is 204 Å². The van der Waals surface area contributed by atoms with Crippen molar-refractivity contribution >= 4 is 65.7 Å². The molecule has 0 aliphatic heterocycles. The zero-order valence-corrected chi connectivity index (χ0v) is 32.5. The second kappa shape index (κ2) is 15.6. The SMILES string of the molecule is CC(=NC/C(=C\C=C(/C)c1ccc2ccccc2c1)c1ccc2ccccc2c1)/C(C)=N/n1c(-c2ccc3ccccc3c2)ccc1-c1ccc2ccccc2c1. The molecule has 0 aliphatic carbocycles. The number of hydrogen-bond acceptors (Lipinski definition) is 2. The van der Waals surface area contributed by atoms with Crippen molar-refractivity contribution in [3.05, 3.63) is 205 Å². The van der Waals surface area contributed by atoms with E-state index < -0.39 is 0 Å². The molecule has 3 nitrogen and oxygen atoms in total. The predicted octanol–water partition coefficient (Wildman–Crippen LogP) is 14.3. The molecule has 0 unspecified atom stereocenters. The summed E-state index contributed by atoms with van der Waals surface area (Å²) < 4.78 is 2.10. The van der Waals surface area contributed by atoms with E-state index in [1.165, 1.54) is 54.2 Å². The summed E-state index contributed by atoms with van der Waals surface area (Å²) in [4.78, 5) is 5.21. The quantitative estimate of drug-likeness (QED) is 0.104. The lowest BCUT2D eigenvalue weighted by Gasteiger charge is -2.13. The van der Waals surface area contributed by atoms with Gasteiger partial charge in [-0.15, -0.1) is 0 Å². The summed E-state index contributed by atoms with van der Waals surface area (Å²) in [5.41, 5.74) is 10.7. The van der Waals surface area contributed by atoms with E-state index in [2.05, 4.69) is 220 Å². The summed E-state index contributed by atoms with van der Waals surface area (Å²) in [6.07, 6.45) is 4.46. The van der Waals surface area contributed by atoms with E-state index in [9.17, 15) is 0 Å². The highest BCUT2D eigenvalue weighted by Crippen LogP contribution is 2.33. The van der Waals surface area contributed by atoms with Gasteiger partial charge >= 0.3 is 0 Å². The Morgan fingerprint density at radius 2 is 0.842 bits per heavy atom. The summed E-state index contributed by atoms with van der Waals surface area (Å²) in [7, 11) is 0. The third kappa shape index (κ3) is 7.48. The average molecular weight is 734 g/mol. The maximum atomic E-state index is 5.33. The first-order valence-electron chi connectivity index (χ1n) is 19.6. The molecule has 0 saturated heterocycles. The highest BCUT2D eigenvalue weighted by molar-refractivity contribution is 6.40. The lowest BCUT2D eigenvalue weighted by Crippen LogP contribution is -2.10. The van der Waals surface area contributed by atoms with Gasteiger partial charge < -0.3 is 0 Å². The standard InChI is InChI=1S/C54H43N3/c1-37(44-26-22-40-12-4-8-16-45(40)32-44)20-21-52(49-27-23-41-13-5-9-17-46(41)33-49)36-55-38(2)39(3)56-57-53(50-28-24-42-14-6-10-18-47(42)34-50)30-31-54(57)51-29-25-43-15-7-11-19-48(43)35-51/h4-35H,36H2,1-3H3/b37-20+,52-21+,55-38?,56-39+. The van der Waals surface area contributed by atoms with Crippen LogP contribution in [0.3, 0.4) is 0 Å². The largest absolute Gasteiger partial charge is 0.283 e. The average Bonchev–Trinajstić information content (AvgIpc) is 3.68. The normalized spacial score (nSPS) is 13.0. The first-order chi connectivity index (χ1) is 28.0. The monoisotopic (exact) mass is 733 g/mol. The molecule has 1 heterocycles. The van der Waals surface area contributed by atoms with E-state index in [1.54, 1.807) is 0 Å². The van der Waals surface area contributed by atoms with Gasteiger partial charge in [-0.25, -0.2) is 4.68 Å². The van der Waals surface area contributed by atoms with Crippen LogP contribution in [0.2, 0.25) is 0 Å². The molecule has 274 valence electrons. The van der Waals surface area contributed by atoms with Crippen LogP contribution in [-0.4, -0.2) is 22.6 Å². The Balaban J connectivity index is 1.10. The number of rotatable bonds is 9. The van der Waals surface area contributed by atoms with Gasteiger partial charge in [-0.05, 0) is 123 Å². The van der Waals surface area contributed by atoms with Gasteiger partial charge in [0.1, 0.15) is 0 Å². The molecule has 0 bridgehead atoms. The Kier molecular flexibility index (Phi) is 9.72. The fourth-order valence-corrected chi connectivity index (χ4v) is 7.60. The van der Waals surface area contributed by atoms with Crippen LogP contribution in [0.25, 0.3) is 76.8 Å². The molecule has 0 N–H and O–H groups in total. The van der Waals surface area contributed by atoms with Crippen LogP contribution in [0.5, 0.6) is 0 Å². The topological polar surface area (TPSA) is 29.6 Å². The van der Waals surface area contributed by atoms with Crippen molar-refractivity contribution in [2.24, 2.45) is 10.1 Å². The van der Waals surface area contributed by atoms with E-state index in [0.717, 1.165) is 45.1 Å². The van der Waals surface area contributed by atoms with E-state index in [1.807, 2.05) is 0 Å². The van der Waals surface area contributed by atoms with Crippen molar-refractivity contribution in [1.82, 2.24) is 4.68 Å². The summed E-state index contributed by atoms with van der Waals surface area (Å²) >= 11 is 0. The zero-order valence-electron chi connectivity index (χ0n) is 32.5. The molecule has 8 aromatic carbocycles. The van der Waals surface area contributed by atoms with E-state index >= 15 is 0 Å². The Morgan fingerprint density at radius 1 is 0.421 bits per heavy atom. The zero-order chi connectivity index (χ0) is 38.7. The molecule has 0 radical (unpaired) electrons. The number of benzene rings is 8. The van der Waals surface area contributed by atoms with Gasteiger partial charge in [0.05, 0.1) is 29.4 Å². The second-order valence-electron chi connectivity index (χ2n) is 14.8. The number of allylic oxidation sites excluding steroid dienone is 3. The first kappa shape index (κ1) is 35.6. The van der Waals surface area contributed by atoms with Crippen LogP contribution >= 0.6 is 0 Å². The lowest BCUT2D eigenvalue weighted by atomic mass is 9.99. The number of nitrogens with zero attached hydrogens (tertiary/aromatic N) is 3. The first-order valence-corrected chi connectivity index (χ1v) is 19.6.